The van der Waals surface area contributed by atoms with E-state index in [2.05, 4.69) is 20.9 Å². The zero-order valence-corrected chi connectivity index (χ0v) is 11.3. The lowest BCUT2D eigenvalue weighted by atomic mass is 10.3. The summed E-state index contributed by atoms with van der Waals surface area (Å²) in [6.45, 7) is 0.0434. The van der Waals surface area contributed by atoms with Gasteiger partial charge in [0.05, 0.1) is 10.2 Å². The van der Waals surface area contributed by atoms with E-state index in [9.17, 15) is 8.78 Å². The summed E-state index contributed by atoms with van der Waals surface area (Å²) in [5.41, 5.74) is 0.554. The first-order chi connectivity index (χ1) is 8.56. The average molecular weight is 335 g/mol. The lowest BCUT2D eigenvalue weighted by molar-refractivity contribution is 0.283. The molecule has 1 heterocycles. The zero-order valence-electron chi connectivity index (χ0n) is 8.96. The van der Waals surface area contributed by atoms with Crippen molar-refractivity contribution in [2.24, 2.45) is 0 Å². The molecule has 0 amide bonds. The fourth-order valence-electron chi connectivity index (χ4n) is 1.34. The van der Waals surface area contributed by atoms with E-state index in [4.69, 9.17) is 16.3 Å². The van der Waals surface area contributed by atoms with Gasteiger partial charge in [-0.25, -0.2) is 8.78 Å². The van der Waals surface area contributed by atoms with Gasteiger partial charge in [-0.15, -0.1) is 0 Å². The van der Waals surface area contributed by atoms with Gasteiger partial charge in [0, 0.05) is 17.3 Å². The number of rotatable bonds is 3. The number of halogens is 4. The lowest BCUT2D eigenvalue weighted by Crippen LogP contribution is -2.00. The summed E-state index contributed by atoms with van der Waals surface area (Å²) in [5, 5.41) is 0.516. The van der Waals surface area contributed by atoms with Crippen LogP contribution in [0.4, 0.5) is 8.78 Å². The van der Waals surface area contributed by atoms with E-state index in [1.54, 1.807) is 12.1 Å². The number of aromatic nitrogens is 1. The van der Waals surface area contributed by atoms with Crippen LogP contribution >= 0.6 is 27.5 Å². The second-order valence-electron chi connectivity index (χ2n) is 3.45. The van der Waals surface area contributed by atoms with E-state index >= 15 is 0 Å². The van der Waals surface area contributed by atoms with Gasteiger partial charge in [0.2, 0.25) is 0 Å². The number of hydrogen-bond donors (Lipinski definition) is 0. The molecule has 1 aromatic carbocycles. The van der Waals surface area contributed by atoms with Gasteiger partial charge in [-0.05, 0) is 34.1 Å². The number of hydrogen-bond acceptors (Lipinski definition) is 2. The molecule has 2 rings (SSSR count). The van der Waals surface area contributed by atoms with Crippen LogP contribution in [0.15, 0.2) is 34.9 Å². The van der Waals surface area contributed by atoms with Crippen LogP contribution in [0.5, 0.6) is 5.75 Å². The fraction of sp³-hybridized carbons (Fsp3) is 0.0833. The van der Waals surface area contributed by atoms with Crippen LogP contribution in [0.3, 0.4) is 0 Å². The van der Waals surface area contributed by atoms with Crippen molar-refractivity contribution < 1.29 is 13.5 Å². The summed E-state index contributed by atoms with van der Waals surface area (Å²) >= 11 is 8.82. The van der Waals surface area contributed by atoms with Crippen molar-refractivity contribution in [3.8, 4) is 5.75 Å². The van der Waals surface area contributed by atoms with Crippen molar-refractivity contribution in [1.82, 2.24) is 4.98 Å². The first kappa shape index (κ1) is 13.2. The Kier molecular flexibility index (Phi) is 4.14. The largest absolute Gasteiger partial charge is 0.483 e. The average Bonchev–Trinajstić information content (AvgIpc) is 2.27. The molecule has 0 unspecified atom stereocenters. The van der Waals surface area contributed by atoms with Gasteiger partial charge >= 0.3 is 0 Å². The predicted octanol–water partition coefficient (Wildman–Crippen LogP) is 4.35. The molecule has 0 fully saturated rings. The third kappa shape index (κ3) is 3.17. The van der Waals surface area contributed by atoms with E-state index in [0.29, 0.717) is 10.7 Å². The minimum Gasteiger partial charge on any atom is -0.483 e. The second-order valence-corrected chi connectivity index (χ2v) is 4.74. The van der Waals surface area contributed by atoms with Crippen LogP contribution in [-0.4, -0.2) is 4.98 Å². The van der Waals surface area contributed by atoms with Gasteiger partial charge < -0.3 is 4.74 Å². The lowest BCUT2D eigenvalue weighted by Gasteiger charge is -2.09. The monoisotopic (exact) mass is 333 g/mol. The molecule has 94 valence electrons. The normalized spacial score (nSPS) is 10.4. The maximum atomic E-state index is 13.5. The summed E-state index contributed by atoms with van der Waals surface area (Å²) < 4.78 is 31.8. The molecule has 0 radical (unpaired) electrons. The highest BCUT2D eigenvalue weighted by Crippen LogP contribution is 2.29. The van der Waals surface area contributed by atoms with E-state index in [-0.39, 0.29) is 16.8 Å². The molecule has 1 aromatic heterocycles. The van der Waals surface area contributed by atoms with Crippen LogP contribution < -0.4 is 4.74 Å². The predicted molar refractivity (Wildman–Crippen MR) is 67.6 cm³/mol. The first-order valence-corrected chi connectivity index (χ1v) is 6.11. The summed E-state index contributed by atoms with van der Waals surface area (Å²) in [4.78, 5) is 4.01. The van der Waals surface area contributed by atoms with Gasteiger partial charge in [0.25, 0.3) is 0 Å². The van der Waals surface area contributed by atoms with Crippen molar-refractivity contribution in [2.75, 3.05) is 0 Å². The molecule has 0 aliphatic rings. The Morgan fingerprint density at radius 2 is 2.06 bits per heavy atom. The van der Waals surface area contributed by atoms with Crippen molar-refractivity contribution in [3.05, 3.63) is 57.3 Å². The van der Waals surface area contributed by atoms with Gasteiger partial charge in [-0.2, -0.15) is 0 Å². The highest BCUT2D eigenvalue weighted by atomic mass is 79.9. The summed E-state index contributed by atoms with van der Waals surface area (Å²) in [6.07, 6.45) is 1.52. The van der Waals surface area contributed by atoms with Crippen molar-refractivity contribution in [2.45, 2.75) is 6.61 Å². The second kappa shape index (κ2) is 5.63. The van der Waals surface area contributed by atoms with Crippen molar-refractivity contribution >= 4 is 27.5 Å². The van der Waals surface area contributed by atoms with Crippen LogP contribution in [0, 0.1) is 11.6 Å². The smallest absolute Gasteiger partial charge is 0.169 e. The minimum absolute atomic E-state index is 0.0434. The molecule has 0 spiro atoms. The van der Waals surface area contributed by atoms with Crippen LogP contribution in [0.1, 0.15) is 5.69 Å². The van der Waals surface area contributed by atoms with E-state index < -0.39 is 11.6 Å². The van der Waals surface area contributed by atoms with Gasteiger partial charge in [0.1, 0.15) is 12.4 Å². The highest BCUT2D eigenvalue weighted by Gasteiger charge is 2.11. The molecule has 2 nitrogen and oxygen atoms in total. The molecule has 0 aliphatic carbocycles. The quantitative estimate of drug-likeness (QED) is 0.832. The van der Waals surface area contributed by atoms with Gasteiger partial charge in [0.15, 0.2) is 11.6 Å². The Hall–Kier alpha value is -1.20. The Bertz CT molecular complexity index is 557. The Morgan fingerprint density at radius 3 is 2.72 bits per heavy atom. The van der Waals surface area contributed by atoms with Crippen molar-refractivity contribution in [1.29, 1.82) is 0 Å². The maximum absolute atomic E-state index is 13.5. The standard InChI is InChI=1S/C12H7BrClF2NO/c13-10-4-8(15)5-11(16)12(10)18-6-9-3-7(14)1-2-17-9/h1-5H,6H2. The third-order valence-electron chi connectivity index (χ3n) is 2.11. The summed E-state index contributed by atoms with van der Waals surface area (Å²) in [6, 6.07) is 5.12. The zero-order chi connectivity index (χ0) is 13.1. The maximum Gasteiger partial charge on any atom is 0.169 e. The molecule has 0 bridgehead atoms. The first-order valence-electron chi connectivity index (χ1n) is 4.94. The van der Waals surface area contributed by atoms with Gasteiger partial charge in [-0.3, -0.25) is 4.98 Å². The van der Waals surface area contributed by atoms with Crippen LogP contribution in [0.2, 0.25) is 5.02 Å². The molecular formula is C12H7BrClF2NO. The van der Waals surface area contributed by atoms with Crippen LogP contribution in [0.25, 0.3) is 0 Å². The summed E-state index contributed by atoms with van der Waals surface area (Å²) in [7, 11) is 0. The number of nitrogens with zero attached hydrogens (tertiary/aromatic N) is 1. The molecule has 0 aliphatic heterocycles. The van der Waals surface area contributed by atoms with Crippen molar-refractivity contribution in [3.63, 3.8) is 0 Å². The Balaban J connectivity index is 2.16. The molecule has 0 saturated heterocycles. The molecule has 18 heavy (non-hydrogen) atoms. The van der Waals surface area contributed by atoms with E-state index in [1.807, 2.05) is 0 Å². The molecule has 6 heteroatoms. The number of pyridine rings is 1. The summed E-state index contributed by atoms with van der Waals surface area (Å²) in [5.74, 6) is -1.50. The van der Waals surface area contributed by atoms with E-state index in [1.165, 1.54) is 6.20 Å². The SMILES string of the molecule is Fc1cc(F)c(OCc2cc(Cl)ccn2)c(Br)c1. The highest BCUT2D eigenvalue weighted by molar-refractivity contribution is 9.10. The molecule has 2 aromatic rings. The number of ether oxygens (including phenoxy) is 1. The molecule has 0 N–H and O–H groups in total. The topological polar surface area (TPSA) is 22.1 Å². The van der Waals surface area contributed by atoms with Gasteiger partial charge in [-0.1, -0.05) is 11.6 Å². The molecular weight excluding hydrogens is 327 g/mol. The molecule has 0 saturated carbocycles. The third-order valence-corrected chi connectivity index (χ3v) is 2.93. The van der Waals surface area contributed by atoms with Crippen LogP contribution in [-0.2, 0) is 6.61 Å². The van der Waals surface area contributed by atoms with E-state index in [0.717, 1.165) is 12.1 Å². The fourth-order valence-corrected chi connectivity index (χ4v) is 2.05. The minimum atomic E-state index is -0.774. The Labute approximate surface area is 116 Å². The molecule has 0 atom stereocenters. The Morgan fingerprint density at radius 1 is 1.28 bits per heavy atom. The number of benzene rings is 1.